The lowest BCUT2D eigenvalue weighted by molar-refractivity contribution is 0.490. The Kier molecular flexibility index (Phi) is 11.1. The Hall–Kier alpha value is -0.650. The van der Waals surface area contributed by atoms with Gasteiger partial charge in [-0.3, -0.25) is 4.55 Å². The minimum absolute atomic E-state index is 0.667. The van der Waals surface area contributed by atoms with Gasteiger partial charge in [-0.15, -0.1) is 13.2 Å². The first-order valence-corrected chi connectivity index (χ1v) is 6.54. The monoisotopic (exact) mass is 235 g/mol. The third-order valence-electron chi connectivity index (χ3n) is 1.57. The van der Waals surface area contributed by atoms with Crippen molar-refractivity contribution in [2.75, 3.05) is 12.8 Å². The van der Waals surface area contributed by atoms with Crippen LogP contribution >= 0.6 is 0 Å². The highest BCUT2D eigenvalue weighted by Gasteiger charge is 2.01. The van der Waals surface area contributed by atoms with Crippen LogP contribution in [0.3, 0.4) is 0 Å². The summed E-state index contributed by atoms with van der Waals surface area (Å²) in [6.45, 7) is 8.15. The topological polar surface area (TPSA) is 80.4 Å². The predicted octanol–water partition coefficient (Wildman–Crippen LogP) is 1.61. The lowest BCUT2D eigenvalue weighted by atomic mass is 9.98. The van der Waals surface area contributed by atoms with Gasteiger partial charge in [-0.1, -0.05) is 12.2 Å². The molecule has 0 aromatic rings. The van der Waals surface area contributed by atoms with Crippen molar-refractivity contribution < 1.29 is 13.0 Å². The number of hydrogen-bond donors (Lipinski definition) is 2. The number of nitrogens with two attached hydrogens (primary N) is 1. The van der Waals surface area contributed by atoms with E-state index in [1.165, 1.54) is 0 Å². The molecular weight excluding hydrogens is 214 g/mol. The third-order valence-corrected chi connectivity index (χ3v) is 1.57. The van der Waals surface area contributed by atoms with Gasteiger partial charge in [-0.05, 0) is 31.7 Å². The fraction of sp³-hybridized carbons (Fsp3) is 0.600. The van der Waals surface area contributed by atoms with Crippen LogP contribution in [0.5, 0.6) is 0 Å². The molecule has 0 aromatic carbocycles. The second kappa shape index (κ2) is 9.89. The zero-order chi connectivity index (χ0) is 12.3. The fourth-order valence-electron chi connectivity index (χ4n) is 1.04. The van der Waals surface area contributed by atoms with Gasteiger partial charge in [0.05, 0.1) is 6.26 Å². The summed E-state index contributed by atoms with van der Waals surface area (Å²) in [7, 11) is -3.67. The van der Waals surface area contributed by atoms with Crippen LogP contribution in [-0.2, 0) is 10.1 Å². The van der Waals surface area contributed by atoms with Crippen LogP contribution in [0.2, 0.25) is 0 Å². The first kappa shape index (κ1) is 16.8. The molecular formula is C10H21NO3S. The van der Waals surface area contributed by atoms with E-state index < -0.39 is 10.1 Å². The normalized spacial score (nSPS) is 10.4. The Morgan fingerprint density at radius 1 is 1.33 bits per heavy atom. The molecule has 3 N–H and O–H groups in total. The molecule has 0 heterocycles. The first-order valence-electron chi connectivity index (χ1n) is 4.69. The highest BCUT2D eigenvalue weighted by Crippen LogP contribution is 2.12. The Morgan fingerprint density at radius 2 is 1.67 bits per heavy atom. The van der Waals surface area contributed by atoms with E-state index in [1.54, 1.807) is 0 Å². The molecule has 0 aliphatic carbocycles. The highest BCUT2D eigenvalue weighted by atomic mass is 32.2. The van der Waals surface area contributed by atoms with Crippen molar-refractivity contribution in [1.29, 1.82) is 0 Å². The van der Waals surface area contributed by atoms with Gasteiger partial charge >= 0.3 is 0 Å². The average molecular weight is 235 g/mol. The second-order valence-corrected chi connectivity index (χ2v) is 4.69. The van der Waals surface area contributed by atoms with E-state index in [4.69, 9.17) is 10.3 Å². The predicted molar refractivity (Wildman–Crippen MR) is 64.3 cm³/mol. The van der Waals surface area contributed by atoms with Crippen LogP contribution in [0.4, 0.5) is 0 Å². The van der Waals surface area contributed by atoms with Crippen molar-refractivity contribution >= 4 is 10.1 Å². The van der Waals surface area contributed by atoms with Gasteiger partial charge in [-0.25, -0.2) is 0 Å². The summed E-state index contributed by atoms with van der Waals surface area (Å²) in [6, 6.07) is 0. The second-order valence-electron chi connectivity index (χ2n) is 3.23. The Balaban J connectivity index is 0. The maximum atomic E-state index is 9.19. The molecule has 0 atom stereocenters. The summed E-state index contributed by atoms with van der Waals surface area (Å²) < 4.78 is 25.9. The number of hydrogen-bond acceptors (Lipinski definition) is 3. The van der Waals surface area contributed by atoms with Crippen molar-refractivity contribution in [3.8, 4) is 0 Å². The Bertz CT molecular complexity index is 242. The van der Waals surface area contributed by atoms with Crippen molar-refractivity contribution in [2.24, 2.45) is 11.7 Å². The zero-order valence-corrected chi connectivity index (χ0v) is 10.0. The van der Waals surface area contributed by atoms with E-state index in [2.05, 4.69) is 13.2 Å². The SMILES string of the molecule is C=CCC(CC=C)CCN.CS(=O)(=O)O. The molecule has 0 rings (SSSR count). The zero-order valence-electron chi connectivity index (χ0n) is 9.22. The van der Waals surface area contributed by atoms with Crippen LogP contribution in [0.25, 0.3) is 0 Å². The molecule has 4 nitrogen and oxygen atoms in total. The molecule has 0 spiro atoms. The minimum Gasteiger partial charge on any atom is -0.330 e. The molecule has 0 saturated carbocycles. The molecule has 0 radical (unpaired) electrons. The summed E-state index contributed by atoms with van der Waals surface area (Å²) in [5, 5.41) is 0. The molecule has 15 heavy (non-hydrogen) atoms. The standard InChI is InChI=1S/C9H17N.CH4O3S/c1-3-5-9(6-4-2)7-8-10;1-5(2,3)4/h3-4,9H,1-2,5-8,10H2;1H3,(H,2,3,4). The van der Waals surface area contributed by atoms with Crippen LogP contribution in [0.15, 0.2) is 25.3 Å². The van der Waals surface area contributed by atoms with Crippen LogP contribution in [-0.4, -0.2) is 25.8 Å². The van der Waals surface area contributed by atoms with Gasteiger partial charge in [0.1, 0.15) is 0 Å². The smallest absolute Gasteiger partial charge is 0.261 e. The summed E-state index contributed by atoms with van der Waals surface area (Å²) in [6.07, 6.45) is 7.81. The van der Waals surface area contributed by atoms with Crippen LogP contribution in [0.1, 0.15) is 19.3 Å². The maximum absolute atomic E-state index is 9.19. The van der Waals surface area contributed by atoms with Crippen molar-refractivity contribution in [1.82, 2.24) is 0 Å². The molecule has 5 heteroatoms. The molecule has 0 fully saturated rings. The van der Waals surface area contributed by atoms with E-state index in [1.807, 2.05) is 12.2 Å². The van der Waals surface area contributed by atoms with Gasteiger partial charge in [0.2, 0.25) is 0 Å². The number of allylic oxidation sites excluding steroid dienone is 2. The first-order chi connectivity index (χ1) is 6.85. The minimum atomic E-state index is -3.67. The van der Waals surface area contributed by atoms with Gasteiger partial charge in [0.25, 0.3) is 10.1 Å². The van der Waals surface area contributed by atoms with E-state index in [0.29, 0.717) is 12.2 Å². The van der Waals surface area contributed by atoms with Crippen LogP contribution < -0.4 is 5.73 Å². The molecule has 0 aliphatic heterocycles. The van der Waals surface area contributed by atoms with Gasteiger partial charge < -0.3 is 5.73 Å². The van der Waals surface area contributed by atoms with Gasteiger partial charge in [-0.2, -0.15) is 8.42 Å². The summed E-state index contributed by atoms with van der Waals surface area (Å²) in [5.74, 6) is 0.667. The molecule has 0 bridgehead atoms. The van der Waals surface area contributed by atoms with Crippen LogP contribution in [0, 0.1) is 5.92 Å². The van der Waals surface area contributed by atoms with Crippen molar-refractivity contribution in [2.45, 2.75) is 19.3 Å². The third kappa shape index (κ3) is 24.7. The summed E-state index contributed by atoms with van der Waals surface area (Å²) >= 11 is 0. The van der Waals surface area contributed by atoms with E-state index in [9.17, 15) is 8.42 Å². The van der Waals surface area contributed by atoms with Crippen molar-refractivity contribution in [3.05, 3.63) is 25.3 Å². The van der Waals surface area contributed by atoms with E-state index in [0.717, 1.165) is 25.8 Å². The quantitative estimate of drug-likeness (QED) is 0.541. The lowest BCUT2D eigenvalue weighted by Crippen LogP contribution is -2.07. The molecule has 0 unspecified atom stereocenters. The van der Waals surface area contributed by atoms with Gasteiger partial charge in [0, 0.05) is 0 Å². The fourth-order valence-corrected chi connectivity index (χ4v) is 1.04. The van der Waals surface area contributed by atoms with E-state index >= 15 is 0 Å². The molecule has 0 saturated heterocycles. The largest absolute Gasteiger partial charge is 0.330 e. The summed E-state index contributed by atoms with van der Waals surface area (Å²) in [4.78, 5) is 0. The maximum Gasteiger partial charge on any atom is 0.261 e. The van der Waals surface area contributed by atoms with Crippen molar-refractivity contribution in [3.63, 3.8) is 0 Å². The number of rotatable bonds is 6. The van der Waals surface area contributed by atoms with E-state index in [-0.39, 0.29) is 0 Å². The molecule has 0 amide bonds. The molecule has 90 valence electrons. The molecule has 0 aromatic heterocycles. The summed E-state index contributed by atoms with van der Waals surface area (Å²) in [5.41, 5.74) is 5.42. The lowest BCUT2D eigenvalue weighted by Gasteiger charge is -2.09. The molecule has 0 aliphatic rings. The highest BCUT2D eigenvalue weighted by molar-refractivity contribution is 7.85. The average Bonchev–Trinajstić information content (AvgIpc) is 2.02. The Morgan fingerprint density at radius 3 is 1.87 bits per heavy atom. The Labute approximate surface area is 92.6 Å². The van der Waals surface area contributed by atoms with Gasteiger partial charge in [0.15, 0.2) is 0 Å².